The summed E-state index contributed by atoms with van der Waals surface area (Å²) in [6.45, 7) is 1.13. The van der Waals surface area contributed by atoms with E-state index in [2.05, 4.69) is 10.1 Å². The van der Waals surface area contributed by atoms with Crippen LogP contribution in [0.25, 0.3) is 0 Å². The van der Waals surface area contributed by atoms with Gasteiger partial charge in [-0.25, -0.2) is 0 Å². The lowest BCUT2D eigenvalue weighted by molar-refractivity contribution is -0.121. The predicted octanol–water partition coefficient (Wildman–Crippen LogP) is 1.68. The van der Waals surface area contributed by atoms with Crippen molar-refractivity contribution in [1.82, 2.24) is 5.32 Å². The molecular weight excluding hydrogens is 254 g/mol. The summed E-state index contributed by atoms with van der Waals surface area (Å²) in [5, 5.41) is 2.79. The maximum Gasteiger partial charge on any atom is 0.387 e. The lowest BCUT2D eigenvalue weighted by Gasteiger charge is -2.24. The normalized spacial score (nSPS) is 11.5. The summed E-state index contributed by atoms with van der Waals surface area (Å²) in [5.74, 6) is -0.0978. The van der Waals surface area contributed by atoms with Gasteiger partial charge in [-0.05, 0) is 31.5 Å². The lowest BCUT2D eigenvalue weighted by Crippen LogP contribution is -2.49. The highest BCUT2D eigenvalue weighted by Crippen LogP contribution is 2.15. The van der Waals surface area contributed by atoms with Gasteiger partial charge in [-0.1, -0.05) is 12.1 Å². The van der Waals surface area contributed by atoms with Crippen LogP contribution < -0.4 is 15.8 Å². The van der Waals surface area contributed by atoms with Gasteiger partial charge in [0.2, 0.25) is 5.91 Å². The number of amides is 1. The van der Waals surface area contributed by atoms with E-state index in [0.29, 0.717) is 12.1 Å². The zero-order chi connectivity index (χ0) is 14.5. The Morgan fingerprint density at radius 3 is 2.42 bits per heavy atom. The maximum atomic E-state index is 12.0. The van der Waals surface area contributed by atoms with Crippen molar-refractivity contribution in [2.45, 2.75) is 32.4 Å². The number of ether oxygens (including phenoxy) is 1. The summed E-state index contributed by atoms with van der Waals surface area (Å²) in [4.78, 5) is 11.7. The molecule has 0 atom stereocenters. The second-order valence-corrected chi connectivity index (χ2v) is 4.84. The third-order valence-electron chi connectivity index (χ3n) is 2.50. The number of rotatable bonds is 6. The van der Waals surface area contributed by atoms with Crippen LogP contribution in [0.4, 0.5) is 8.78 Å². The first-order valence-electron chi connectivity index (χ1n) is 5.87. The third kappa shape index (κ3) is 5.65. The van der Waals surface area contributed by atoms with Gasteiger partial charge in [-0.15, -0.1) is 0 Å². The molecule has 6 heteroatoms. The van der Waals surface area contributed by atoms with Crippen LogP contribution in [0, 0.1) is 0 Å². The highest BCUT2D eigenvalue weighted by Gasteiger charge is 2.18. The quantitative estimate of drug-likeness (QED) is 0.828. The molecule has 1 aromatic rings. The summed E-state index contributed by atoms with van der Waals surface area (Å²) >= 11 is 0. The molecule has 19 heavy (non-hydrogen) atoms. The first-order valence-corrected chi connectivity index (χ1v) is 5.87. The van der Waals surface area contributed by atoms with Crippen molar-refractivity contribution in [3.8, 4) is 5.75 Å². The Labute approximate surface area is 110 Å². The van der Waals surface area contributed by atoms with Gasteiger partial charge in [0.15, 0.2) is 0 Å². The minimum Gasteiger partial charge on any atom is -0.435 e. The van der Waals surface area contributed by atoms with Gasteiger partial charge in [0.1, 0.15) is 5.75 Å². The molecule has 0 spiro atoms. The van der Waals surface area contributed by atoms with E-state index >= 15 is 0 Å². The zero-order valence-corrected chi connectivity index (χ0v) is 11.0. The molecule has 0 heterocycles. The molecule has 0 aliphatic heterocycles. The predicted molar refractivity (Wildman–Crippen MR) is 68.1 cm³/mol. The summed E-state index contributed by atoms with van der Waals surface area (Å²) in [6, 6.07) is 5.96. The molecule has 0 saturated carbocycles. The smallest absolute Gasteiger partial charge is 0.387 e. The molecular formula is C13H18F2N2O2. The lowest BCUT2D eigenvalue weighted by atomic mass is 10.1. The number of hydrogen-bond donors (Lipinski definition) is 2. The van der Waals surface area contributed by atoms with Crippen molar-refractivity contribution in [3.05, 3.63) is 29.8 Å². The topological polar surface area (TPSA) is 64.3 Å². The van der Waals surface area contributed by atoms with E-state index < -0.39 is 12.2 Å². The van der Waals surface area contributed by atoms with Gasteiger partial charge in [0, 0.05) is 12.1 Å². The Bertz CT molecular complexity index is 419. The number of alkyl halides is 2. The van der Waals surface area contributed by atoms with Crippen LogP contribution in [0.15, 0.2) is 24.3 Å². The molecule has 4 nitrogen and oxygen atoms in total. The highest BCUT2D eigenvalue weighted by molar-refractivity contribution is 5.79. The largest absolute Gasteiger partial charge is 0.435 e. The van der Waals surface area contributed by atoms with Crippen LogP contribution in [-0.4, -0.2) is 24.6 Å². The number of benzene rings is 1. The molecule has 0 radical (unpaired) electrons. The van der Waals surface area contributed by atoms with E-state index in [1.165, 1.54) is 12.1 Å². The second-order valence-electron chi connectivity index (χ2n) is 4.84. The van der Waals surface area contributed by atoms with Crippen molar-refractivity contribution >= 4 is 5.91 Å². The van der Waals surface area contributed by atoms with Crippen LogP contribution in [-0.2, 0) is 11.2 Å². The molecule has 0 aromatic heterocycles. The molecule has 1 amide bonds. The van der Waals surface area contributed by atoms with E-state index in [9.17, 15) is 13.6 Å². The van der Waals surface area contributed by atoms with E-state index in [0.717, 1.165) is 0 Å². The molecule has 0 unspecified atom stereocenters. The Hall–Kier alpha value is -1.69. The Balaban J connectivity index is 2.56. The molecule has 106 valence electrons. The molecule has 1 aromatic carbocycles. The average molecular weight is 272 g/mol. The molecule has 0 aliphatic rings. The molecule has 0 aliphatic carbocycles. The van der Waals surface area contributed by atoms with Crippen LogP contribution in [0.2, 0.25) is 0 Å². The first-order chi connectivity index (χ1) is 8.82. The summed E-state index contributed by atoms with van der Waals surface area (Å²) < 4.78 is 28.1. The first kappa shape index (κ1) is 15.4. The Morgan fingerprint density at radius 1 is 1.37 bits per heavy atom. The van der Waals surface area contributed by atoms with E-state index in [4.69, 9.17) is 5.73 Å². The summed E-state index contributed by atoms with van der Waals surface area (Å²) in [7, 11) is 0. The van der Waals surface area contributed by atoms with Gasteiger partial charge in [0.25, 0.3) is 0 Å². The molecule has 0 bridgehead atoms. The van der Waals surface area contributed by atoms with Crippen molar-refractivity contribution in [2.24, 2.45) is 5.73 Å². The summed E-state index contributed by atoms with van der Waals surface area (Å²) in [5.41, 5.74) is 5.76. The monoisotopic (exact) mass is 272 g/mol. The SMILES string of the molecule is CC(C)(CN)NC(=O)Cc1ccc(OC(F)F)cc1. The number of hydrogen-bond acceptors (Lipinski definition) is 3. The van der Waals surface area contributed by atoms with Crippen molar-refractivity contribution in [1.29, 1.82) is 0 Å². The van der Waals surface area contributed by atoms with Gasteiger partial charge in [-0.2, -0.15) is 8.78 Å². The molecule has 0 saturated heterocycles. The van der Waals surface area contributed by atoms with Crippen molar-refractivity contribution in [2.75, 3.05) is 6.54 Å². The fraction of sp³-hybridized carbons (Fsp3) is 0.462. The Kier molecular flexibility index (Phi) is 5.23. The number of nitrogens with two attached hydrogens (primary N) is 1. The molecule has 0 fully saturated rings. The highest BCUT2D eigenvalue weighted by atomic mass is 19.3. The zero-order valence-electron chi connectivity index (χ0n) is 11.0. The summed E-state index contributed by atoms with van der Waals surface area (Å²) in [6.07, 6.45) is 0.165. The van der Waals surface area contributed by atoms with Gasteiger partial charge in [-0.3, -0.25) is 4.79 Å². The third-order valence-corrected chi connectivity index (χ3v) is 2.50. The standard InChI is InChI=1S/C13H18F2N2O2/c1-13(2,8-16)17-11(18)7-9-3-5-10(6-4-9)19-12(14)15/h3-6,12H,7-8,16H2,1-2H3,(H,17,18). The number of carbonyl (C=O) groups excluding carboxylic acids is 1. The molecule has 1 rings (SSSR count). The van der Waals surface area contributed by atoms with Crippen LogP contribution >= 0.6 is 0 Å². The van der Waals surface area contributed by atoms with Crippen LogP contribution in [0.3, 0.4) is 0 Å². The Morgan fingerprint density at radius 2 is 1.95 bits per heavy atom. The second kappa shape index (κ2) is 6.47. The van der Waals surface area contributed by atoms with E-state index in [1.54, 1.807) is 12.1 Å². The van der Waals surface area contributed by atoms with Crippen molar-refractivity contribution in [3.63, 3.8) is 0 Å². The fourth-order valence-corrected chi connectivity index (χ4v) is 1.45. The van der Waals surface area contributed by atoms with E-state index in [-0.39, 0.29) is 18.1 Å². The van der Waals surface area contributed by atoms with Crippen LogP contribution in [0.1, 0.15) is 19.4 Å². The van der Waals surface area contributed by atoms with E-state index in [1.807, 2.05) is 13.8 Å². The number of carbonyl (C=O) groups is 1. The van der Waals surface area contributed by atoms with Gasteiger partial charge in [0.05, 0.1) is 6.42 Å². The van der Waals surface area contributed by atoms with Gasteiger partial charge < -0.3 is 15.8 Å². The fourth-order valence-electron chi connectivity index (χ4n) is 1.45. The minimum atomic E-state index is -2.85. The van der Waals surface area contributed by atoms with Gasteiger partial charge >= 0.3 is 6.61 Å². The number of halogens is 2. The maximum absolute atomic E-state index is 12.0. The number of nitrogens with one attached hydrogen (secondary N) is 1. The van der Waals surface area contributed by atoms with Crippen LogP contribution in [0.5, 0.6) is 5.75 Å². The molecule has 3 N–H and O–H groups in total. The average Bonchev–Trinajstić information content (AvgIpc) is 2.30. The van der Waals surface area contributed by atoms with Crippen molar-refractivity contribution < 1.29 is 18.3 Å². The minimum absolute atomic E-state index is 0.0708.